The van der Waals surface area contributed by atoms with E-state index in [1.165, 1.54) is 6.07 Å². The van der Waals surface area contributed by atoms with Crippen LogP contribution in [0.5, 0.6) is 11.5 Å². The largest absolute Gasteiger partial charge is 0.454 e. The minimum atomic E-state index is -4.61. The van der Waals surface area contributed by atoms with Gasteiger partial charge >= 0.3 is 6.18 Å². The Bertz CT molecular complexity index is 519. The number of amidine groups is 1. The molecule has 110 valence electrons. The second-order valence-corrected chi connectivity index (χ2v) is 4.07. The predicted molar refractivity (Wildman–Crippen MR) is 64.0 cm³/mol. The van der Waals surface area contributed by atoms with Crippen molar-refractivity contribution in [3.05, 3.63) is 18.2 Å². The van der Waals surface area contributed by atoms with E-state index in [9.17, 15) is 13.2 Å². The highest BCUT2D eigenvalue weighted by atomic mass is 19.4. The van der Waals surface area contributed by atoms with E-state index in [-0.39, 0.29) is 6.79 Å². The first-order valence-corrected chi connectivity index (χ1v) is 5.59. The van der Waals surface area contributed by atoms with Crippen LogP contribution in [0.3, 0.4) is 0 Å². The summed E-state index contributed by atoms with van der Waals surface area (Å²) in [5, 5.41) is 13.4. The SMILES string of the molecule is N/C(=N/O)C(CNc1ccc2c(c1)OCO2)C(F)(F)F. The van der Waals surface area contributed by atoms with Crippen molar-refractivity contribution in [2.75, 3.05) is 18.7 Å². The maximum absolute atomic E-state index is 12.7. The maximum Gasteiger partial charge on any atom is 0.400 e. The number of hydrogen-bond acceptors (Lipinski definition) is 5. The quantitative estimate of drug-likeness (QED) is 0.340. The van der Waals surface area contributed by atoms with Gasteiger partial charge in [-0.25, -0.2) is 0 Å². The molecule has 1 heterocycles. The van der Waals surface area contributed by atoms with Crippen molar-refractivity contribution in [1.29, 1.82) is 0 Å². The van der Waals surface area contributed by atoms with Crippen molar-refractivity contribution in [3.63, 3.8) is 0 Å². The van der Waals surface area contributed by atoms with E-state index in [1.807, 2.05) is 0 Å². The van der Waals surface area contributed by atoms with Crippen LogP contribution in [-0.4, -0.2) is 30.6 Å². The van der Waals surface area contributed by atoms with E-state index in [0.29, 0.717) is 17.2 Å². The van der Waals surface area contributed by atoms with Crippen LogP contribution in [0.25, 0.3) is 0 Å². The van der Waals surface area contributed by atoms with Crippen LogP contribution in [0, 0.1) is 5.92 Å². The van der Waals surface area contributed by atoms with Gasteiger partial charge < -0.3 is 25.7 Å². The Hall–Kier alpha value is -2.32. The van der Waals surface area contributed by atoms with Crippen LogP contribution >= 0.6 is 0 Å². The van der Waals surface area contributed by atoms with Crippen LogP contribution in [0.1, 0.15) is 0 Å². The summed E-state index contributed by atoms with van der Waals surface area (Å²) in [5.41, 5.74) is 5.46. The zero-order valence-corrected chi connectivity index (χ0v) is 10.1. The predicted octanol–water partition coefficient (Wildman–Crippen LogP) is 1.75. The zero-order chi connectivity index (χ0) is 14.8. The average molecular weight is 291 g/mol. The summed E-state index contributed by atoms with van der Waals surface area (Å²) >= 11 is 0. The number of nitrogens with one attached hydrogen (secondary N) is 1. The molecule has 0 aliphatic carbocycles. The van der Waals surface area contributed by atoms with Crippen LogP contribution in [0.15, 0.2) is 23.4 Å². The third kappa shape index (κ3) is 2.98. The van der Waals surface area contributed by atoms with E-state index in [4.69, 9.17) is 20.4 Å². The Kier molecular flexibility index (Phi) is 3.77. The molecule has 20 heavy (non-hydrogen) atoms. The molecular formula is C11H12F3N3O3. The molecule has 1 aliphatic rings. The van der Waals surface area contributed by atoms with Crippen molar-refractivity contribution in [1.82, 2.24) is 0 Å². The third-order valence-electron chi connectivity index (χ3n) is 2.75. The summed E-state index contributed by atoms with van der Waals surface area (Å²) in [6.07, 6.45) is -4.61. The van der Waals surface area contributed by atoms with Crippen LogP contribution in [0.4, 0.5) is 18.9 Å². The van der Waals surface area contributed by atoms with Crippen molar-refractivity contribution in [2.24, 2.45) is 16.8 Å². The number of ether oxygens (including phenoxy) is 2. The fraction of sp³-hybridized carbons (Fsp3) is 0.364. The van der Waals surface area contributed by atoms with Gasteiger partial charge in [0.15, 0.2) is 17.3 Å². The van der Waals surface area contributed by atoms with Crippen LogP contribution < -0.4 is 20.5 Å². The van der Waals surface area contributed by atoms with Gasteiger partial charge in [0.25, 0.3) is 0 Å². The number of nitrogens with zero attached hydrogens (tertiary/aromatic N) is 1. The number of anilines is 1. The number of fused-ring (bicyclic) bond motifs is 1. The molecule has 2 rings (SSSR count). The van der Waals surface area contributed by atoms with Gasteiger partial charge in [-0.2, -0.15) is 13.2 Å². The van der Waals surface area contributed by atoms with Crippen LogP contribution in [-0.2, 0) is 0 Å². The highest BCUT2D eigenvalue weighted by molar-refractivity contribution is 5.83. The molecule has 0 aromatic heterocycles. The molecule has 0 bridgehead atoms. The fourth-order valence-corrected chi connectivity index (χ4v) is 1.68. The van der Waals surface area contributed by atoms with Crippen molar-refractivity contribution in [3.8, 4) is 11.5 Å². The summed E-state index contributed by atoms with van der Waals surface area (Å²) < 4.78 is 48.4. The molecule has 0 fully saturated rings. The van der Waals surface area contributed by atoms with Crippen molar-refractivity contribution in [2.45, 2.75) is 6.18 Å². The van der Waals surface area contributed by atoms with Gasteiger partial charge in [-0.05, 0) is 12.1 Å². The van der Waals surface area contributed by atoms with Gasteiger partial charge in [-0.1, -0.05) is 5.16 Å². The highest BCUT2D eigenvalue weighted by Gasteiger charge is 2.42. The van der Waals surface area contributed by atoms with E-state index < -0.39 is 24.5 Å². The molecule has 0 radical (unpaired) electrons. The molecule has 0 saturated carbocycles. The van der Waals surface area contributed by atoms with Crippen LogP contribution in [0.2, 0.25) is 0 Å². The fourth-order valence-electron chi connectivity index (χ4n) is 1.68. The Morgan fingerprint density at radius 3 is 2.75 bits per heavy atom. The standard InChI is InChI=1S/C11H12F3N3O3/c12-11(13,14)7(10(15)17-18)4-16-6-1-2-8-9(3-6)20-5-19-8/h1-3,7,16,18H,4-5H2,(H2,15,17). The first-order valence-electron chi connectivity index (χ1n) is 5.59. The summed E-state index contributed by atoms with van der Waals surface area (Å²) in [5.74, 6) is -2.01. The lowest BCUT2D eigenvalue weighted by Crippen LogP contribution is -2.40. The number of rotatable bonds is 4. The molecular weight excluding hydrogens is 279 g/mol. The van der Waals surface area contributed by atoms with Gasteiger partial charge in [0.2, 0.25) is 6.79 Å². The molecule has 0 spiro atoms. The van der Waals surface area contributed by atoms with Gasteiger partial charge in [-0.3, -0.25) is 0 Å². The summed E-state index contributed by atoms with van der Waals surface area (Å²) in [4.78, 5) is 0. The molecule has 4 N–H and O–H groups in total. The summed E-state index contributed by atoms with van der Waals surface area (Å²) in [7, 11) is 0. The lowest BCUT2D eigenvalue weighted by atomic mass is 10.1. The first-order chi connectivity index (χ1) is 9.41. The van der Waals surface area contributed by atoms with Crippen molar-refractivity contribution < 1.29 is 27.9 Å². The zero-order valence-electron chi connectivity index (χ0n) is 10.1. The second kappa shape index (κ2) is 5.35. The van der Waals surface area contributed by atoms with E-state index in [1.54, 1.807) is 12.1 Å². The minimum absolute atomic E-state index is 0.0775. The molecule has 1 unspecified atom stereocenters. The van der Waals surface area contributed by atoms with Gasteiger partial charge in [0.05, 0.1) is 0 Å². The second-order valence-electron chi connectivity index (χ2n) is 4.07. The Balaban J connectivity index is 2.06. The smallest absolute Gasteiger partial charge is 0.400 e. The number of hydrogen-bond donors (Lipinski definition) is 3. The van der Waals surface area contributed by atoms with Gasteiger partial charge in [-0.15, -0.1) is 0 Å². The average Bonchev–Trinajstić information content (AvgIpc) is 2.84. The highest BCUT2D eigenvalue weighted by Crippen LogP contribution is 2.34. The topological polar surface area (TPSA) is 89.1 Å². The lowest BCUT2D eigenvalue weighted by molar-refractivity contribution is -0.152. The molecule has 1 aliphatic heterocycles. The molecule has 6 nitrogen and oxygen atoms in total. The number of alkyl halides is 3. The summed E-state index contributed by atoms with van der Waals surface area (Å²) in [6, 6.07) is 4.64. The minimum Gasteiger partial charge on any atom is -0.454 e. The normalized spacial score (nSPS) is 16.1. The first kappa shape index (κ1) is 14.1. The van der Waals surface area contributed by atoms with Gasteiger partial charge in [0.1, 0.15) is 5.92 Å². The molecule has 9 heteroatoms. The number of nitrogens with two attached hydrogens (primary N) is 1. The Labute approximate surface area is 112 Å². The Morgan fingerprint density at radius 2 is 2.10 bits per heavy atom. The third-order valence-corrected chi connectivity index (χ3v) is 2.75. The molecule has 1 atom stereocenters. The molecule has 0 saturated heterocycles. The van der Waals surface area contributed by atoms with E-state index in [2.05, 4.69) is 10.5 Å². The number of oxime groups is 1. The monoisotopic (exact) mass is 291 g/mol. The molecule has 1 aromatic rings. The Morgan fingerprint density at radius 1 is 1.40 bits per heavy atom. The van der Waals surface area contributed by atoms with E-state index in [0.717, 1.165) is 0 Å². The number of benzene rings is 1. The maximum atomic E-state index is 12.7. The van der Waals surface area contributed by atoms with E-state index >= 15 is 0 Å². The van der Waals surface area contributed by atoms with Crippen molar-refractivity contribution >= 4 is 11.5 Å². The lowest BCUT2D eigenvalue weighted by Gasteiger charge is -2.19. The molecule has 0 amide bonds. The summed E-state index contributed by atoms with van der Waals surface area (Å²) in [6.45, 7) is -0.479. The van der Waals surface area contributed by atoms with Gasteiger partial charge in [0, 0.05) is 18.3 Å². The molecule has 1 aromatic carbocycles. The number of halogens is 3.